The molecule has 3 aromatic rings. The molecule has 1 N–H and O–H groups in total. The molecule has 1 aliphatic carbocycles. The molecule has 144 valence electrons. The normalized spacial score (nSPS) is 16.4. The van der Waals surface area contributed by atoms with Crippen LogP contribution >= 0.6 is 11.3 Å². The van der Waals surface area contributed by atoms with Crippen LogP contribution in [0.1, 0.15) is 44.8 Å². The molecule has 28 heavy (non-hydrogen) atoms. The second-order valence-electron chi connectivity index (χ2n) is 7.41. The number of aromatic nitrogens is 2. The average Bonchev–Trinajstić information content (AvgIpc) is 3.42. The lowest BCUT2D eigenvalue weighted by molar-refractivity contribution is 0.0695. The molecule has 1 fully saturated rings. The van der Waals surface area contributed by atoms with Crippen LogP contribution in [0.5, 0.6) is 0 Å². The van der Waals surface area contributed by atoms with Gasteiger partial charge in [0.1, 0.15) is 11.4 Å². The van der Waals surface area contributed by atoms with Crippen molar-refractivity contribution in [2.24, 2.45) is 0 Å². The number of fused-ring (bicyclic) bond motifs is 2. The molecule has 1 aromatic carbocycles. The number of nitrogens with zero attached hydrogens (tertiary/aromatic N) is 3. The van der Waals surface area contributed by atoms with Crippen molar-refractivity contribution in [3.8, 4) is 0 Å². The van der Waals surface area contributed by atoms with Crippen molar-refractivity contribution < 1.29 is 14.3 Å². The van der Waals surface area contributed by atoms with Crippen LogP contribution in [0.4, 0.5) is 10.1 Å². The van der Waals surface area contributed by atoms with Crippen LogP contribution in [0.3, 0.4) is 0 Å². The van der Waals surface area contributed by atoms with Crippen molar-refractivity contribution in [2.45, 2.75) is 38.8 Å². The maximum atomic E-state index is 15.0. The smallest absolute Gasteiger partial charge is 0.341 e. The first-order valence-corrected chi connectivity index (χ1v) is 10.1. The van der Waals surface area contributed by atoms with Gasteiger partial charge in [-0.1, -0.05) is 0 Å². The van der Waals surface area contributed by atoms with E-state index in [0.717, 1.165) is 34.8 Å². The van der Waals surface area contributed by atoms with Crippen molar-refractivity contribution >= 4 is 33.9 Å². The van der Waals surface area contributed by atoms with Gasteiger partial charge in [-0.2, -0.15) is 0 Å². The zero-order chi connectivity index (χ0) is 19.6. The summed E-state index contributed by atoms with van der Waals surface area (Å²) in [6, 6.07) is 3.07. The summed E-state index contributed by atoms with van der Waals surface area (Å²) in [5.41, 5.74) is 1.18. The van der Waals surface area contributed by atoms with Gasteiger partial charge in [-0.15, -0.1) is 11.3 Å². The number of carbonyl (C=O) groups is 1. The zero-order valence-electron chi connectivity index (χ0n) is 15.2. The summed E-state index contributed by atoms with van der Waals surface area (Å²) in [7, 11) is 0. The minimum absolute atomic E-state index is 0.124. The lowest BCUT2D eigenvalue weighted by Gasteiger charge is -2.29. The van der Waals surface area contributed by atoms with Gasteiger partial charge in [0, 0.05) is 35.5 Å². The van der Waals surface area contributed by atoms with E-state index in [4.69, 9.17) is 0 Å². The van der Waals surface area contributed by atoms with E-state index in [9.17, 15) is 19.1 Å². The molecule has 2 aliphatic rings. The molecule has 1 saturated carbocycles. The molecule has 3 heterocycles. The highest BCUT2D eigenvalue weighted by Crippen LogP contribution is 2.38. The molecule has 5 rings (SSSR count). The minimum atomic E-state index is -1.28. The SMILES string of the molecule is Cc1nc2c(s1)CN(c1cc3c(cc1F)c(=O)c(C(=O)O)cn3C1CC1)CC2. The number of aryl methyl sites for hydroxylation is 1. The quantitative estimate of drug-likeness (QED) is 0.730. The Hall–Kier alpha value is -2.74. The maximum Gasteiger partial charge on any atom is 0.341 e. The molecule has 0 radical (unpaired) electrons. The van der Waals surface area contributed by atoms with Crippen molar-refractivity contribution in [3.63, 3.8) is 0 Å². The first-order chi connectivity index (χ1) is 13.4. The lowest BCUT2D eigenvalue weighted by Crippen LogP contribution is -2.30. The van der Waals surface area contributed by atoms with E-state index in [-0.39, 0.29) is 17.0 Å². The van der Waals surface area contributed by atoms with Gasteiger partial charge in [0.05, 0.1) is 28.5 Å². The highest BCUT2D eigenvalue weighted by atomic mass is 32.1. The van der Waals surface area contributed by atoms with E-state index in [1.165, 1.54) is 12.3 Å². The van der Waals surface area contributed by atoms with Crippen molar-refractivity contribution in [2.75, 3.05) is 11.4 Å². The van der Waals surface area contributed by atoms with Crippen LogP contribution in [-0.2, 0) is 13.0 Å². The Balaban J connectivity index is 1.66. The summed E-state index contributed by atoms with van der Waals surface area (Å²) in [4.78, 5) is 31.7. The molecule has 0 spiro atoms. The van der Waals surface area contributed by atoms with E-state index in [0.29, 0.717) is 24.3 Å². The van der Waals surface area contributed by atoms with Crippen molar-refractivity contribution in [3.05, 3.63) is 55.5 Å². The number of anilines is 1. The topological polar surface area (TPSA) is 75.4 Å². The van der Waals surface area contributed by atoms with Gasteiger partial charge in [-0.25, -0.2) is 14.2 Å². The number of halogens is 1. The average molecular weight is 399 g/mol. The van der Waals surface area contributed by atoms with Crippen LogP contribution in [0.2, 0.25) is 0 Å². The summed E-state index contributed by atoms with van der Waals surface area (Å²) in [5, 5.41) is 10.5. The van der Waals surface area contributed by atoms with Gasteiger partial charge in [-0.05, 0) is 31.9 Å². The molecule has 0 unspecified atom stereocenters. The first-order valence-electron chi connectivity index (χ1n) is 9.24. The third-order valence-electron chi connectivity index (χ3n) is 5.45. The fourth-order valence-corrected chi connectivity index (χ4v) is 4.94. The Morgan fingerprint density at radius 3 is 2.86 bits per heavy atom. The molecule has 0 bridgehead atoms. The summed E-state index contributed by atoms with van der Waals surface area (Å²) in [6.07, 6.45) is 4.02. The number of hydrogen-bond donors (Lipinski definition) is 1. The van der Waals surface area contributed by atoms with E-state index in [2.05, 4.69) is 4.98 Å². The molecule has 0 amide bonds. The van der Waals surface area contributed by atoms with Crippen LogP contribution in [0.15, 0.2) is 23.1 Å². The number of carboxylic acids is 1. The summed E-state index contributed by atoms with van der Waals surface area (Å²) in [5.74, 6) is -1.78. The fourth-order valence-electron chi connectivity index (χ4n) is 3.94. The van der Waals surface area contributed by atoms with Crippen LogP contribution in [0.25, 0.3) is 10.9 Å². The van der Waals surface area contributed by atoms with Crippen LogP contribution < -0.4 is 10.3 Å². The van der Waals surface area contributed by atoms with E-state index >= 15 is 0 Å². The number of thiazole rings is 1. The monoisotopic (exact) mass is 399 g/mol. The number of aromatic carboxylic acids is 1. The Labute approximate surface area is 163 Å². The largest absolute Gasteiger partial charge is 0.477 e. The molecule has 2 aromatic heterocycles. The van der Waals surface area contributed by atoms with Crippen molar-refractivity contribution in [1.82, 2.24) is 9.55 Å². The van der Waals surface area contributed by atoms with E-state index < -0.39 is 17.2 Å². The third kappa shape index (κ3) is 2.71. The molecule has 8 heteroatoms. The Bertz CT molecular complexity index is 1200. The van der Waals surface area contributed by atoms with Crippen molar-refractivity contribution in [1.29, 1.82) is 0 Å². The summed E-state index contributed by atoms with van der Waals surface area (Å²) >= 11 is 1.63. The maximum absolute atomic E-state index is 15.0. The summed E-state index contributed by atoms with van der Waals surface area (Å²) < 4.78 is 16.8. The molecule has 6 nitrogen and oxygen atoms in total. The van der Waals surface area contributed by atoms with Gasteiger partial charge < -0.3 is 14.6 Å². The van der Waals surface area contributed by atoms with Gasteiger partial charge in [0.25, 0.3) is 0 Å². The van der Waals surface area contributed by atoms with E-state index in [1.807, 2.05) is 16.4 Å². The fraction of sp³-hybridized carbons (Fsp3) is 0.350. The second-order valence-corrected chi connectivity index (χ2v) is 8.70. The predicted molar refractivity (Wildman–Crippen MR) is 105 cm³/mol. The first kappa shape index (κ1) is 17.4. The number of rotatable bonds is 3. The Morgan fingerprint density at radius 2 is 2.14 bits per heavy atom. The summed E-state index contributed by atoms with van der Waals surface area (Å²) in [6.45, 7) is 3.21. The zero-order valence-corrected chi connectivity index (χ0v) is 16.1. The van der Waals surface area contributed by atoms with Crippen LogP contribution in [-0.4, -0.2) is 27.2 Å². The van der Waals surface area contributed by atoms with Gasteiger partial charge >= 0.3 is 5.97 Å². The second kappa shape index (κ2) is 6.13. The molecule has 1 aliphatic heterocycles. The molecule has 0 saturated heterocycles. The number of benzene rings is 1. The molecular formula is C20H18FN3O3S. The van der Waals surface area contributed by atoms with Gasteiger partial charge in [0.15, 0.2) is 0 Å². The molecular weight excluding hydrogens is 381 g/mol. The highest BCUT2D eigenvalue weighted by Gasteiger charge is 2.29. The van der Waals surface area contributed by atoms with Gasteiger partial charge in [-0.3, -0.25) is 4.79 Å². The Kier molecular flexibility index (Phi) is 3.80. The van der Waals surface area contributed by atoms with Crippen LogP contribution in [0, 0.1) is 12.7 Å². The number of pyridine rings is 1. The predicted octanol–water partition coefficient (Wildman–Crippen LogP) is 3.50. The number of hydrogen-bond acceptors (Lipinski definition) is 5. The third-order valence-corrected chi connectivity index (χ3v) is 6.45. The minimum Gasteiger partial charge on any atom is -0.477 e. The Morgan fingerprint density at radius 1 is 1.36 bits per heavy atom. The highest BCUT2D eigenvalue weighted by molar-refractivity contribution is 7.11. The van der Waals surface area contributed by atoms with Gasteiger partial charge in [0.2, 0.25) is 5.43 Å². The lowest BCUT2D eigenvalue weighted by atomic mass is 10.1. The number of carboxylic acid groups (broad SMARTS) is 1. The molecule has 0 atom stereocenters. The standard InChI is InChI=1S/C20H18FN3O3S/c1-10-22-15-4-5-23(9-18(15)28-10)17-7-16-12(6-14(17)21)19(25)13(20(26)27)8-24(16)11-2-3-11/h6-8,11H,2-5,9H2,1H3,(H,26,27). The van der Waals surface area contributed by atoms with E-state index in [1.54, 1.807) is 17.4 Å².